The zero-order chi connectivity index (χ0) is 19.7. The van der Waals surface area contributed by atoms with E-state index in [1.807, 2.05) is 28.8 Å². The molecule has 1 fully saturated rings. The summed E-state index contributed by atoms with van der Waals surface area (Å²) in [7, 11) is 3.29. The number of benzene rings is 1. The number of piperidine rings is 1. The number of hydrogen-bond donors (Lipinski definition) is 1. The van der Waals surface area contributed by atoms with E-state index < -0.39 is 5.69 Å². The Balaban J connectivity index is 1.76. The van der Waals surface area contributed by atoms with Gasteiger partial charge in [-0.1, -0.05) is 12.1 Å². The summed E-state index contributed by atoms with van der Waals surface area (Å²) >= 11 is 0. The second-order valence-electron chi connectivity index (χ2n) is 7.20. The Morgan fingerprint density at radius 3 is 2.50 bits per heavy atom. The molecular formula is C20H25N5O3. The van der Waals surface area contributed by atoms with Crippen LogP contribution in [0.15, 0.2) is 33.9 Å². The topological polar surface area (TPSA) is 85.2 Å². The SMILES string of the molecule is COc1ccc(CCn2c(N3CCCCC3)nc3c2c(=O)[nH]c(=O)n3C)cc1. The van der Waals surface area contributed by atoms with Crippen LogP contribution >= 0.6 is 0 Å². The van der Waals surface area contributed by atoms with Gasteiger partial charge in [0.05, 0.1) is 7.11 Å². The number of aromatic amines is 1. The van der Waals surface area contributed by atoms with E-state index in [0.29, 0.717) is 17.7 Å². The predicted octanol–water partition coefficient (Wildman–Crippen LogP) is 1.66. The van der Waals surface area contributed by atoms with E-state index in [4.69, 9.17) is 9.72 Å². The highest BCUT2D eigenvalue weighted by Crippen LogP contribution is 2.23. The van der Waals surface area contributed by atoms with Gasteiger partial charge in [-0.15, -0.1) is 0 Å². The van der Waals surface area contributed by atoms with Crippen molar-refractivity contribution in [3.05, 3.63) is 50.7 Å². The summed E-state index contributed by atoms with van der Waals surface area (Å²) in [6.45, 7) is 2.44. The van der Waals surface area contributed by atoms with Crippen molar-refractivity contribution in [2.75, 3.05) is 25.1 Å². The lowest BCUT2D eigenvalue weighted by Gasteiger charge is -2.28. The predicted molar refractivity (Wildman–Crippen MR) is 108 cm³/mol. The van der Waals surface area contributed by atoms with Crippen LogP contribution in [0.4, 0.5) is 5.95 Å². The van der Waals surface area contributed by atoms with Gasteiger partial charge in [0.2, 0.25) is 5.95 Å². The quantitative estimate of drug-likeness (QED) is 0.724. The molecule has 1 aliphatic rings. The minimum absolute atomic E-state index is 0.386. The summed E-state index contributed by atoms with van der Waals surface area (Å²) in [5.41, 5.74) is 1.21. The second kappa shape index (κ2) is 7.53. The first-order chi connectivity index (χ1) is 13.6. The average molecular weight is 383 g/mol. The van der Waals surface area contributed by atoms with Crippen LogP contribution < -0.4 is 20.9 Å². The van der Waals surface area contributed by atoms with Crippen LogP contribution in [-0.4, -0.2) is 39.3 Å². The fraction of sp³-hybridized carbons (Fsp3) is 0.450. The van der Waals surface area contributed by atoms with Gasteiger partial charge in [-0.25, -0.2) is 4.79 Å². The molecule has 0 saturated carbocycles. The summed E-state index contributed by atoms with van der Waals surface area (Å²) in [6.07, 6.45) is 4.17. The van der Waals surface area contributed by atoms with Crippen molar-refractivity contribution in [1.29, 1.82) is 0 Å². The molecule has 0 atom stereocenters. The molecule has 2 aromatic heterocycles. The van der Waals surface area contributed by atoms with Crippen LogP contribution in [-0.2, 0) is 20.0 Å². The monoisotopic (exact) mass is 383 g/mol. The molecule has 0 aliphatic carbocycles. The van der Waals surface area contributed by atoms with Crippen molar-refractivity contribution in [2.24, 2.45) is 7.05 Å². The summed E-state index contributed by atoms with van der Waals surface area (Å²) in [4.78, 5) is 34.0. The smallest absolute Gasteiger partial charge is 0.329 e. The number of hydrogen-bond acceptors (Lipinski definition) is 5. The van der Waals surface area contributed by atoms with Gasteiger partial charge in [-0.2, -0.15) is 4.98 Å². The number of methoxy groups -OCH3 is 1. The van der Waals surface area contributed by atoms with Gasteiger partial charge in [0.1, 0.15) is 5.75 Å². The molecule has 28 heavy (non-hydrogen) atoms. The van der Waals surface area contributed by atoms with Gasteiger partial charge >= 0.3 is 5.69 Å². The number of anilines is 1. The van der Waals surface area contributed by atoms with Crippen LogP contribution in [0.1, 0.15) is 24.8 Å². The average Bonchev–Trinajstić information content (AvgIpc) is 3.12. The first-order valence-corrected chi connectivity index (χ1v) is 9.66. The number of imidazole rings is 1. The van der Waals surface area contributed by atoms with Gasteiger partial charge < -0.3 is 14.2 Å². The number of rotatable bonds is 5. The standard InChI is InChI=1S/C20H25N5O3/c1-23-17-16(18(26)22-20(23)27)25(19(21-17)24-11-4-3-5-12-24)13-10-14-6-8-15(28-2)9-7-14/h6-9H,3-5,10-13H2,1-2H3,(H,22,26,27). The maximum atomic E-state index is 12.6. The lowest BCUT2D eigenvalue weighted by Crippen LogP contribution is -2.32. The molecule has 148 valence electrons. The van der Waals surface area contributed by atoms with Gasteiger partial charge in [0.15, 0.2) is 11.2 Å². The Morgan fingerprint density at radius 2 is 1.82 bits per heavy atom. The first-order valence-electron chi connectivity index (χ1n) is 9.66. The van der Waals surface area contributed by atoms with E-state index in [1.165, 1.54) is 11.0 Å². The Labute approximate surface area is 162 Å². The van der Waals surface area contributed by atoms with Gasteiger partial charge in [0.25, 0.3) is 5.56 Å². The molecule has 1 aromatic carbocycles. The molecule has 0 spiro atoms. The minimum atomic E-state index is -0.442. The Hall–Kier alpha value is -3.03. The summed E-state index contributed by atoms with van der Waals surface area (Å²) in [5.74, 6) is 1.59. The Kier molecular flexibility index (Phi) is 4.93. The Morgan fingerprint density at radius 1 is 1.11 bits per heavy atom. The van der Waals surface area contributed by atoms with Gasteiger partial charge in [-0.05, 0) is 43.4 Å². The Bertz CT molecular complexity index is 1090. The number of nitrogens with one attached hydrogen (secondary N) is 1. The fourth-order valence-electron chi connectivity index (χ4n) is 3.80. The summed E-state index contributed by atoms with van der Waals surface area (Å²) in [6, 6.07) is 7.92. The maximum absolute atomic E-state index is 12.6. The highest BCUT2D eigenvalue weighted by molar-refractivity contribution is 5.74. The molecule has 0 bridgehead atoms. The zero-order valence-electron chi connectivity index (χ0n) is 16.3. The van der Waals surface area contributed by atoms with Crippen LogP contribution in [0.3, 0.4) is 0 Å². The van der Waals surface area contributed by atoms with E-state index in [2.05, 4.69) is 9.88 Å². The number of fused-ring (bicyclic) bond motifs is 1. The van der Waals surface area contributed by atoms with Crippen LogP contribution in [0.5, 0.6) is 5.75 Å². The van der Waals surface area contributed by atoms with E-state index in [1.54, 1.807) is 14.2 Å². The lowest BCUT2D eigenvalue weighted by atomic mass is 10.1. The molecule has 1 N–H and O–H groups in total. The molecule has 3 aromatic rings. The van der Waals surface area contributed by atoms with E-state index in [-0.39, 0.29) is 5.56 Å². The molecular weight excluding hydrogens is 358 g/mol. The van der Waals surface area contributed by atoms with Gasteiger partial charge in [0, 0.05) is 26.7 Å². The third-order valence-corrected chi connectivity index (χ3v) is 5.41. The highest BCUT2D eigenvalue weighted by atomic mass is 16.5. The first kappa shape index (κ1) is 18.3. The van der Waals surface area contributed by atoms with Crippen molar-refractivity contribution in [3.8, 4) is 5.75 Å². The molecule has 4 rings (SSSR count). The fourth-order valence-corrected chi connectivity index (χ4v) is 3.80. The number of aryl methyl sites for hydroxylation is 3. The normalized spacial score (nSPS) is 14.6. The van der Waals surface area contributed by atoms with Crippen molar-refractivity contribution in [1.82, 2.24) is 19.1 Å². The van der Waals surface area contributed by atoms with Crippen LogP contribution in [0, 0.1) is 0 Å². The van der Waals surface area contributed by atoms with Crippen molar-refractivity contribution in [3.63, 3.8) is 0 Å². The maximum Gasteiger partial charge on any atom is 0.329 e. The largest absolute Gasteiger partial charge is 0.497 e. The van der Waals surface area contributed by atoms with Crippen LogP contribution in [0.2, 0.25) is 0 Å². The van der Waals surface area contributed by atoms with Crippen molar-refractivity contribution < 1.29 is 4.74 Å². The molecule has 8 nitrogen and oxygen atoms in total. The van der Waals surface area contributed by atoms with E-state index in [0.717, 1.165) is 49.6 Å². The molecule has 0 unspecified atom stereocenters. The molecule has 8 heteroatoms. The van der Waals surface area contributed by atoms with Crippen LogP contribution in [0.25, 0.3) is 11.2 Å². The number of ether oxygens (including phenoxy) is 1. The summed E-state index contributed by atoms with van der Waals surface area (Å²) < 4.78 is 8.59. The zero-order valence-corrected chi connectivity index (χ0v) is 16.3. The minimum Gasteiger partial charge on any atom is -0.497 e. The molecule has 0 radical (unpaired) electrons. The molecule has 1 aliphatic heterocycles. The molecule has 0 amide bonds. The summed E-state index contributed by atoms with van der Waals surface area (Å²) in [5, 5.41) is 0. The number of nitrogens with zero attached hydrogens (tertiary/aromatic N) is 4. The second-order valence-corrected chi connectivity index (χ2v) is 7.20. The molecule has 1 saturated heterocycles. The number of aromatic nitrogens is 4. The van der Waals surface area contributed by atoms with Crippen molar-refractivity contribution >= 4 is 17.1 Å². The van der Waals surface area contributed by atoms with Gasteiger partial charge in [-0.3, -0.25) is 14.3 Å². The third-order valence-electron chi connectivity index (χ3n) is 5.41. The third kappa shape index (κ3) is 3.30. The molecule has 3 heterocycles. The van der Waals surface area contributed by atoms with E-state index >= 15 is 0 Å². The van der Waals surface area contributed by atoms with E-state index in [9.17, 15) is 9.59 Å². The number of H-pyrrole nitrogens is 1. The van der Waals surface area contributed by atoms with Crippen molar-refractivity contribution in [2.45, 2.75) is 32.2 Å². The highest BCUT2D eigenvalue weighted by Gasteiger charge is 2.22. The lowest BCUT2D eigenvalue weighted by molar-refractivity contribution is 0.414.